The molecule has 1 aliphatic rings. The zero-order chi connectivity index (χ0) is 19.7. The quantitative estimate of drug-likeness (QED) is 0.779. The molecule has 27 heavy (non-hydrogen) atoms. The Labute approximate surface area is 157 Å². The first kappa shape index (κ1) is 19.0. The minimum Gasteiger partial charge on any atom is -0.504 e. The Morgan fingerprint density at radius 1 is 1.30 bits per heavy atom. The molecule has 1 N–H and O–H groups in total. The second-order valence-corrected chi connectivity index (χ2v) is 6.77. The van der Waals surface area contributed by atoms with Gasteiger partial charge in [0, 0.05) is 17.5 Å². The summed E-state index contributed by atoms with van der Waals surface area (Å²) in [6.45, 7) is 0.801. The van der Waals surface area contributed by atoms with Gasteiger partial charge < -0.3 is 24.2 Å². The first-order chi connectivity index (χ1) is 12.9. The van der Waals surface area contributed by atoms with Gasteiger partial charge in [-0.15, -0.1) is 0 Å². The molecular formula is C20H23NO6. The molecule has 0 saturated carbocycles. The summed E-state index contributed by atoms with van der Waals surface area (Å²) >= 11 is 0. The zero-order valence-electron chi connectivity index (χ0n) is 15.9. The second kappa shape index (κ2) is 7.44. The van der Waals surface area contributed by atoms with Crippen LogP contribution >= 0.6 is 0 Å². The van der Waals surface area contributed by atoms with Crippen molar-refractivity contribution < 1.29 is 28.9 Å². The van der Waals surface area contributed by atoms with Gasteiger partial charge in [-0.05, 0) is 37.5 Å². The molecular weight excluding hydrogens is 350 g/mol. The van der Waals surface area contributed by atoms with Crippen LogP contribution < -0.4 is 4.74 Å². The van der Waals surface area contributed by atoms with E-state index in [9.17, 15) is 14.7 Å². The van der Waals surface area contributed by atoms with Crippen molar-refractivity contribution in [3.8, 4) is 11.5 Å². The lowest BCUT2D eigenvalue weighted by Gasteiger charge is -2.16. The van der Waals surface area contributed by atoms with Crippen LogP contribution in [0.3, 0.4) is 0 Å². The van der Waals surface area contributed by atoms with Crippen molar-refractivity contribution in [3.05, 3.63) is 34.9 Å². The summed E-state index contributed by atoms with van der Waals surface area (Å²) in [5.41, 5.74) is 1.81. The van der Waals surface area contributed by atoms with Crippen molar-refractivity contribution in [2.45, 2.75) is 18.9 Å². The summed E-state index contributed by atoms with van der Waals surface area (Å²) in [5.74, 6) is -0.837. The Balaban J connectivity index is 2.19. The molecule has 0 bridgehead atoms. The van der Waals surface area contributed by atoms with Gasteiger partial charge in [0.25, 0.3) is 0 Å². The molecule has 0 radical (unpaired) electrons. The van der Waals surface area contributed by atoms with Crippen LogP contribution in [0.4, 0.5) is 0 Å². The van der Waals surface area contributed by atoms with E-state index in [-0.39, 0.29) is 17.7 Å². The normalized spacial score (nSPS) is 15.7. The van der Waals surface area contributed by atoms with Gasteiger partial charge in [-0.2, -0.15) is 0 Å². The number of phenols is 1. The van der Waals surface area contributed by atoms with Gasteiger partial charge in [-0.25, -0.2) is 4.79 Å². The predicted octanol–water partition coefficient (Wildman–Crippen LogP) is 2.43. The number of carbonyl (C=O) groups is 2. The molecule has 0 saturated heterocycles. The van der Waals surface area contributed by atoms with E-state index in [1.54, 1.807) is 12.1 Å². The van der Waals surface area contributed by atoms with Crippen LogP contribution in [0.1, 0.15) is 34.0 Å². The number of cyclic esters (lactones) is 1. The highest BCUT2D eigenvalue weighted by Crippen LogP contribution is 2.45. The average molecular weight is 373 g/mol. The summed E-state index contributed by atoms with van der Waals surface area (Å²) in [6, 6.07) is 5.42. The van der Waals surface area contributed by atoms with Crippen LogP contribution in [0.5, 0.6) is 11.5 Å². The third-order valence-electron chi connectivity index (χ3n) is 4.79. The van der Waals surface area contributed by atoms with E-state index >= 15 is 0 Å². The molecule has 0 amide bonds. The molecule has 0 fully saturated rings. The molecule has 7 heteroatoms. The number of fused-ring (bicyclic) bond motifs is 3. The number of rotatable bonds is 6. The van der Waals surface area contributed by atoms with Gasteiger partial charge in [-0.3, -0.25) is 4.79 Å². The number of phenolic OH excluding ortho intramolecular Hbond substituents is 1. The van der Waals surface area contributed by atoms with E-state index in [1.807, 2.05) is 20.2 Å². The van der Waals surface area contributed by atoms with Crippen molar-refractivity contribution >= 4 is 22.7 Å². The first-order valence-corrected chi connectivity index (χ1v) is 8.65. The second-order valence-electron chi connectivity index (χ2n) is 6.77. The number of aromatic hydroxyl groups is 1. The SMILES string of the molecule is COC(=O)CC1OC(=O)c2c1ccc1c(CCN(C)C)cc(OC)c(O)c21. The minimum absolute atomic E-state index is 0.0705. The maximum absolute atomic E-state index is 12.6. The van der Waals surface area contributed by atoms with Crippen molar-refractivity contribution in [2.24, 2.45) is 0 Å². The molecule has 1 aliphatic heterocycles. The van der Waals surface area contributed by atoms with Gasteiger partial charge in [0.15, 0.2) is 11.5 Å². The highest BCUT2D eigenvalue weighted by atomic mass is 16.6. The third-order valence-corrected chi connectivity index (χ3v) is 4.79. The maximum Gasteiger partial charge on any atom is 0.339 e. The van der Waals surface area contributed by atoms with Crippen LogP contribution in [0.15, 0.2) is 18.2 Å². The summed E-state index contributed by atoms with van der Waals surface area (Å²) in [4.78, 5) is 26.2. The van der Waals surface area contributed by atoms with Gasteiger partial charge in [0.05, 0.1) is 26.2 Å². The standard InChI is InChI=1S/C20H23NO6/c1-21(2)8-7-11-9-15(25-3)19(23)17-12(11)5-6-13-14(10-16(22)26-4)27-20(24)18(13)17/h5-6,9,14,23H,7-8,10H2,1-4H3. The fraction of sp³-hybridized carbons (Fsp3) is 0.400. The average Bonchev–Trinajstić information content (AvgIpc) is 2.96. The smallest absolute Gasteiger partial charge is 0.339 e. The Kier molecular flexibility index (Phi) is 5.23. The Morgan fingerprint density at radius 2 is 2.04 bits per heavy atom. The van der Waals surface area contributed by atoms with Gasteiger partial charge in [0.1, 0.15) is 6.10 Å². The Morgan fingerprint density at radius 3 is 2.67 bits per heavy atom. The molecule has 0 spiro atoms. The number of hydrogen-bond donors (Lipinski definition) is 1. The monoisotopic (exact) mass is 373 g/mol. The molecule has 7 nitrogen and oxygen atoms in total. The molecule has 2 aromatic carbocycles. The number of likely N-dealkylation sites (N-methyl/N-ethyl adjacent to an activating group) is 1. The number of ether oxygens (including phenoxy) is 3. The van der Waals surface area contributed by atoms with Crippen LogP contribution in [-0.4, -0.2) is 56.8 Å². The minimum atomic E-state index is -0.722. The number of benzene rings is 2. The fourth-order valence-electron chi connectivity index (χ4n) is 3.39. The largest absolute Gasteiger partial charge is 0.504 e. The van der Waals surface area contributed by atoms with E-state index < -0.39 is 18.0 Å². The molecule has 1 heterocycles. The number of nitrogens with zero attached hydrogens (tertiary/aromatic N) is 1. The maximum atomic E-state index is 12.6. The lowest BCUT2D eigenvalue weighted by atomic mass is 9.92. The van der Waals surface area contributed by atoms with E-state index in [2.05, 4.69) is 9.64 Å². The summed E-state index contributed by atoms with van der Waals surface area (Å²) < 4.78 is 15.4. The highest BCUT2D eigenvalue weighted by Gasteiger charge is 2.36. The Hall–Kier alpha value is -2.80. The van der Waals surface area contributed by atoms with Crippen molar-refractivity contribution in [3.63, 3.8) is 0 Å². The summed E-state index contributed by atoms with van der Waals surface area (Å²) in [6.07, 6.45) is -0.0707. The van der Waals surface area contributed by atoms with E-state index in [0.29, 0.717) is 16.7 Å². The molecule has 1 atom stereocenters. The fourth-order valence-corrected chi connectivity index (χ4v) is 3.39. The van der Waals surface area contributed by atoms with E-state index in [4.69, 9.17) is 9.47 Å². The molecule has 3 rings (SSSR count). The lowest BCUT2D eigenvalue weighted by Crippen LogP contribution is -2.15. The van der Waals surface area contributed by atoms with Crippen LogP contribution in [0.25, 0.3) is 10.8 Å². The number of esters is 2. The number of hydrogen-bond acceptors (Lipinski definition) is 7. The highest BCUT2D eigenvalue weighted by molar-refractivity contribution is 6.11. The van der Waals surface area contributed by atoms with Gasteiger partial charge >= 0.3 is 11.9 Å². The van der Waals surface area contributed by atoms with Crippen LogP contribution in [-0.2, 0) is 20.7 Å². The topological polar surface area (TPSA) is 85.3 Å². The predicted molar refractivity (Wildman–Crippen MR) is 99.2 cm³/mol. The Bertz CT molecular complexity index is 905. The van der Waals surface area contributed by atoms with Crippen LogP contribution in [0, 0.1) is 0 Å². The molecule has 0 aromatic heterocycles. The lowest BCUT2D eigenvalue weighted by molar-refractivity contribution is -0.142. The molecule has 0 aliphatic carbocycles. The summed E-state index contributed by atoms with van der Waals surface area (Å²) in [5, 5.41) is 11.9. The van der Waals surface area contributed by atoms with Crippen molar-refractivity contribution in [1.82, 2.24) is 4.90 Å². The molecule has 144 valence electrons. The van der Waals surface area contributed by atoms with Crippen molar-refractivity contribution in [1.29, 1.82) is 0 Å². The molecule has 2 aromatic rings. The number of carbonyl (C=O) groups excluding carboxylic acids is 2. The van der Waals surface area contributed by atoms with Crippen molar-refractivity contribution in [2.75, 3.05) is 34.9 Å². The van der Waals surface area contributed by atoms with E-state index in [1.165, 1.54) is 14.2 Å². The van der Waals surface area contributed by atoms with E-state index in [0.717, 1.165) is 23.9 Å². The van der Waals surface area contributed by atoms with Crippen LogP contribution in [0.2, 0.25) is 0 Å². The molecule has 1 unspecified atom stereocenters. The third kappa shape index (κ3) is 3.42. The summed E-state index contributed by atoms with van der Waals surface area (Å²) in [7, 11) is 6.71. The first-order valence-electron chi connectivity index (χ1n) is 8.65. The van der Waals surface area contributed by atoms with Gasteiger partial charge in [0.2, 0.25) is 0 Å². The zero-order valence-corrected chi connectivity index (χ0v) is 15.9. The van der Waals surface area contributed by atoms with Gasteiger partial charge in [-0.1, -0.05) is 12.1 Å². The number of methoxy groups -OCH3 is 2.